The van der Waals surface area contributed by atoms with Crippen LogP contribution in [0.1, 0.15) is 54.5 Å². The number of ether oxygens (including phenoxy) is 1. The van der Waals surface area contributed by atoms with E-state index in [1.165, 1.54) is 0 Å². The molecule has 1 aromatic heterocycles. The van der Waals surface area contributed by atoms with Gasteiger partial charge in [0, 0.05) is 5.69 Å². The lowest BCUT2D eigenvalue weighted by atomic mass is 10.1. The molecule has 1 rings (SSSR count). The van der Waals surface area contributed by atoms with Gasteiger partial charge in [-0.25, -0.2) is 4.79 Å². The van der Waals surface area contributed by atoms with Crippen LogP contribution in [0.4, 0.5) is 0 Å². The molecule has 1 heterocycles. The Labute approximate surface area is 103 Å². The molecular weight excluding hydrogens is 214 g/mol. The molecular formula is C14H21NO2. The molecule has 0 spiro atoms. The summed E-state index contributed by atoms with van der Waals surface area (Å²) in [5, 5.41) is 0. The Morgan fingerprint density at radius 2 is 2.12 bits per heavy atom. The number of hydrogen-bond donors (Lipinski definition) is 1. The van der Waals surface area contributed by atoms with Crippen LogP contribution in [0.15, 0.2) is 6.08 Å². The second-order valence-electron chi connectivity index (χ2n) is 3.99. The van der Waals surface area contributed by atoms with Gasteiger partial charge in [-0.3, -0.25) is 0 Å². The maximum Gasteiger partial charge on any atom is 0.355 e. The highest BCUT2D eigenvalue weighted by Gasteiger charge is 2.17. The first-order chi connectivity index (χ1) is 8.15. The monoisotopic (exact) mass is 235 g/mol. The molecule has 0 unspecified atom stereocenters. The van der Waals surface area contributed by atoms with Gasteiger partial charge in [0.25, 0.3) is 0 Å². The van der Waals surface area contributed by atoms with Gasteiger partial charge >= 0.3 is 5.97 Å². The number of aromatic amines is 1. The number of carbonyl (C=O) groups excluding carboxylic acids is 1. The van der Waals surface area contributed by atoms with Crippen LogP contribution in [0.5, 0.6) is 0 Å². The number of rotatable bonds is 5. The molecule has 0 bridgehead atoms. The molecule has 0 amide bonds. The lowest BCUT2D eigenvalue weighted by Gasteiger charge is -2.00. The van der Waals surface area contributed by atoms with Gasteiger partial charge in [-0.2, -0.15) is 0 Å². The number of carbonyl (C=O) groups is 1. The van der Waals surface area contributed by atoms with Crippen molar-refractivity contribution in [3.05, 3.63) is 28.6 Å². The van der Waals surface area contributed by atoms with Crippen molar-refractivity contribution >= 4 is 12.0 Å². The highest BCUT2D eigenvalue weighted by Crippen LogP contribution is 2.22. The SMILES string of the molecule is C/C=C\c1c(CCC)[nH]c(C(=O)OCC)c1C. The second kappa shape index (κ2) is 6.28. The van der Waals surface area contributed by atoms with Gasteiger partial charge < -0.3 is 9.72 Å². The average Bonchev–Trinajstić information content (AvgIpc) is 2.59. The van der Waals surface area contributed by atoms with Crippen molar-refractivity contribution in [1.29, 1.82) is 0 Å². The lowest BCUT2D eigenvalue weighted by molar-refractivity contribution is 0.0519. The average molecular weight is 235 g/mol. The molecule has 0 saturated carbocycles. The first-order valence-corrected chi connectivity index (χ1v) is 6.16. The Balaban J connectivity index is 3.15. The second-order valence-corrected chi connectivity index (χ2v) is 3.99. The van der Waals surface area contributed by atoms with Crippen molar-refractivity contribution in [2.75, 3.05) is 6.61 Å². The van der Waals surface area contributed by atoms with Crippen molar-refractivity contribution in [1.82, 2.24) is 4.98 Å². The van der Waals surface area contributed by atoms with E-state index in [4.69, 9.17) is 4.74 Å². The van der Waals surface area contributed by atoms with Crippen LogP contribution in [-0.2, 0) is 11.2 Å². The molecule has 0 aliphatic carbocycles. The molecule has 1 aromatic rings. The summed E-state index contributed by atoms with van der Waals surface area (Å²) in [5.41, 5.74) is 3.80. The minimum atomic E-state index is -0.266. The van der Waals surface area contributed by atoms with Crippen molar-refractivity contribution in [3.63, 3.8) is 0 Å². The molecule has 3 nitrogen and oxygen atoms in total. The molecule has 1 N–H and O–H groups in total. The summed E-state index contributed by atoms with van der Waals surface area (Å²) in [7, 11) is 0. The van der Waals surface area contributed by atoms with Gasteiger partial charge in [0.05, 0.1) is 6.61 Å². The third kappa shape index (κ3) is 2.99. The van der Waals surface area contributed by atoms with Gasteiger partial charge in [0.15, 0.2) is 0 Å². The van der Waals surface area contributed by atoms with Crippen molar-refractivity contribution in [2.24, 2.45) is 0 Å². The zero-order valence-electron chi connectivity index (χ0n) is 11.1. The Bertz CT molecular complexity index is 416. The fraction of sp³-hybridized carbons (Fsp3) is 0.500. The van der Waals surface area contributed by atoms with Crippen LogP contribution in [-0.4, -0.2) is 17.6 Å². The lowest BCUT2D eigenvalue weighted by Crippen LogP contribution is -2.06. The molecule has 3 heteroatoms. The molecule has 0 aromatic carbocycles. The van der Waals surface area contributed by atoms with E-state index in [0.29, 0.717) is 12.3 Å². The van der Waals surface area contributed by atoms with Crippen molar-refractivity contribution < 1.29 is 9.53 Å². The number of H-pyrrole nitrogens is 1. The van der Waals surface area contributed by atoms with Gasteiger partial charge in [0.1, 0.15) is 5.69 Å². The van der Waals surface area contributed by atoms with E-state index in [9.17, 15) is 4.79 Å². The van der Waals surface area contributed by atoms with E-state index in [1.807, 2.05) is 32.9 Å². The predicted octanol–water partition coefficient (Wildman–Crippen LogP) is 3.49. The van der Waals surface area contributed by atoms with Gasteiger partial charge in [-0.1, -0.05) is 25.5 Å². The van der Waals surface area contributed by atoms with E-state index >= 15 is 0 Å². The fourth-order valence-corrected chi connectivity index (χ4v) is 1.92. The summed E-state index contributed by atoms with van der Waals surface area (Å²) in [6, 6.07) is 0. The highest BCUT2D eigenvalue weighted by molar-refractivity contribution is 5.90. The Morgan fingerprint density at radius 1 is 1.41 bits per heavy atom. The normalized spacial score (nSPS) is 11.1. The minimum Gasteiger partial charge on any atom is -0.461 e. The molecule has 0 aliphatic heterocycles. The summed E-state index contributed by atoms with van der Waals surface area (Å²) in [5.74, 6) is -0.266. The molecule has 94 valence electrons. The predicted molar refractivity (Wildman–Crippen MR) is 70.2 cm³/mol. The summed E-state index contributed by atoms with van der Waals surface area (Å²) >= 11 is 0. The van der Waals surface area contributed by atoms with Crippen LogP contribution in [0.25, 0.3) is 6.08 Å². The number of nitrogens with one attached hydrogen (secondary N) is 1. The van der Waals surface area contributed by atoms with E-state index < -0.39 is 0 Å². The standard InChI is InChI=1S/C14H21NO2/c1-5-8-11-10(4)13(14(16)17-7-3)15-12(11)9-6-2/h5,8,15H,6-7,9H2,1-4H3/b8-5-. The van der Waals surface area contributed by atoms with E-state index in [0.717, 1.165) is 29.7 Å². The summed E-state index contributed by atoms with van der Waals surface area (Å²) in [6.45, 7) is 8.28. The van der Waals surface area contributed by atoms with Crippen LogP contribution in [0, 0.1) is 6.92 Å². The smallest absolute Gasteiger partial charge is 0.355 e. The first-order valence-electron chi connectivity index (χ1n) is 6.16. The molecule has 0 fully saturated rings. The topological polar surface area (TPSA) is 42.1 Å². The third-order valence-electron chi connectivity index (χ3n) is 2.69. The third-order valence-corrected chi connectivity index (χ3v) is 2.69. The molecule has 0 saturated heterocycles. The van der Waals surface area contributed by atoms with Crippen LogP contribution in [0.2, 0.25) is 0 Å². The summed E-state index contributed by atoms with van der Waals surface area (Å²) in [4.78, 5) is 15.0. The zero-order chi connectivity index (χ0) is 12.8. The van der Waals surface area contributed by atoms with Crippen molar-refractivity contribution in [2.45, 2.75) is 40.5 Å². The Hall–Kier alpha value is -1.51. The highest BCUT2D eigenvalue weighted by atomic mass is 16.5. The number of aryl methyl sites for hydroxylation is 1. The molecule has 17 heavy (non-hydrogen) atoms. The maximum atomic E-state index is 11.8. The zero-order valence-corrected chi connectivity index (χ0v) is 11.1. The van der Waals surface area contributed by atoms with Crippen LogP contribution < -0.4 is 0 Å². The van der Waals surface area contributed by atoms with Gasteiger partial charge in [0.2, 0.25) is 0 Å². The Morgan fingerprint density at radius 3 is 2.65 bits per heavy atom. The number of aromatic nitrogens is 1. The fourth-order valence-electron chi connectivity index (χ4n) is 1.92. The first kappa shape index (κ1) is 13.6. The van der Waals surface area contributed by atoms with E-state index in [1.54, 1.807) is 0 Å². The number of allylic oxidation sites excluding steroid dienone is 1. The number of hydrogen-bond acceptors (Lipinski definition) is 2. The minimum absolute atomic E-state index is 0.266. The quantitative estimate of drug-likeness (QED) is 0.794. The van der Waals surface area contributed by atoms with Crippen molar-refractivity contribution in [3.8, 4) is 0 Å². The van der Waals surface area contributed by atoms with E-state index in [-0.39, 0.29) is 5.97 Å². The maximum absolute atomic E-state index is 11.8. The molecule has 0 atom stereocenters. The number of esters is 1. The molecule has 0 radical (unpaired) electrons. The summed E-state index contributed by atoms with van der Waals surface area (Å²) in [6.07, 6.45) is 6.02. The van der Waals surface area contributed by atoms with Crippen LogP contribution >= 0.6 is 0 Å². The van der Waals surface area contributed by atoms with E-state index in [2.05, 4.69) is 11.9 Å². The summed E-state index contributed by atoms with van der Waals surface area (Å²) < 4.78 is 5.04. The van der Waals surface area contributed by atoms with Gasteiger partial charge in [-0.15, -0.1) is 0 Å². The molecule has 0 aliphatic rings. The largest absolute Gasteiger partial charge is 0.461 e. The van der Waals surface area contributed by atoms with Gasteiger partial charge in [-0.05, 0) is 38.3 Å². The van der Waals surface area contributed by atoms with Crippen LogP contribution in [0.3, 0.4) is 0 Å². The Kier molecular flexibility index (Phi) is 5.01.